The minimum atomic E-state index is -6.65. The number of hydrogen-bond donors (Lipinski definition) is 1. The van der Waals surface area contributed by atoms with E-state index in [-0.39, 0.29) is 6.61 Å². The van der Waals surface area contributed by atoms with Crippen molar-refractivity contribution in [2.45, 2.75) is 41.4 Å². The fourth-order valence-electron chi connectivity index (χ4n) is 1.41. The maximum absolute atomic E-state index is 12.5. The van der Waals surface area contributed by atoms with Gasteiger partial charge in [-0.1, -0.05) is 6.92 Å². The van der Waals surface area contributed by atoms with Crippen molar-refractivity contribution in [3.8, 4) is 0 Å². The average molecular weight is 395 g/mol. The second-order valence-corrected chi connectivity index (χ2v) is 9.02. The fourth-order valence-corrected chi connectivity index (χ4v) is 5.00. The molecular weight excluding hydrogens is 380 g/mol. The minimum Gasteiger partial charge on any atom is -0.380 e. The van der Waals surface area contributed by atoms with Gasteiger partial charge in [0, 0.05) is 12.6 Å². The number of alkyl halides is 6. The standard InChI is InChI=1S/C9H15F6NO5S2/c1-2-3-21-5-6(16)4-7(22(17,18)8(10,11)12)23(19,20)9(13,14)15/h6-7H,2-5,16H2,1H3. The van der Waals surface area contributed by atoms with Crippen LogP contribution >= 0.6 is 0 Å². The molecule has 0 aliphatic carbocycles. The van der Waals surface area contributed by atoms with E-state index in [2.05, 4.69) is 0 Å². The molecule has 0 spiro atoms. The molecule has 0 rings (SSSR count). The minimum absolute atomic E-state index is 0.0659. The van der Waals surface area contributed by atoms with E-state index in [0.717, 1.165) is 0 Å². The Kier molecular flexibility index (Phi) is 7.33. The van der Waals surface area contributed by atoms with Crippen LogP contribution < -0.4 is 5.73 Å². The summed E-state index contributed by atoms with van der Waals surface area (Å²) in [6.45, 7) is 1.12. The van der Waals surface area contributed by atoms with Crippen molar-refractivity contribution in [3.05, 3.63) is 0 Å². The topological polar surface area (TPSA) is 104 Å². The molecule has 6 nitrogen and oxygen atoms in total. The lowest BCUT2D eigenvalue weighted by molar-refractivity contribution is -0.0474. The molecule has 1 atom stereocenters. The van der Waals surface area contributed by atoms with Gasteiger partial charge in [-0.2, -0.15) is 26.3 Å². The third-order valence-electron chi connectivity index (χ3n) is 2.51. The Morgan fingerprint density at radius 3 is 1.65 bits per heavy atom. The lowest BCUT2D eigenvalue weighted by Gasteiger charge is -2.23. The summed E-state index contributed by atoms with van der Waals surface area (Å²) in [6.07, 6.45) is -1.15. The summed E-state index contributed by atoms with van der Waals surface area (Å²) >= 11 is 0. The number of hydrogen-bond acceptors (Lipinski definition) is 6. The molecule has 0 aromatic rings. The number of halogens is 6. The van der Waals surface area contributed by atoms with Crippen LogP contribution in [0.15, 0.2) is 0 Å². The van der Waals surface area contributed by atoms with Crippen LogP contribution in [0, 0.1) is 0 Å². The molecule has 140 valence electrons. The van der Waals surface area contributed by atoms with Crippen molar-refractivity contribution >= 4 is 19.7 Å². The Balaban J connectivity index is 5.70. The van der Waals surface area contributed by atoms with Crippen molar-refractivity contribution in [1.82, 2.24) is 0 Å². The third kappa shape index (κ3) is 5.46. The van der Waals surface area contributed by atoms with Crippen LogP contribution in [0.1, 0.15) is 19.8 Å². The zero-order valence-corrected chi connectivity index (χ0v) is 13.3. The summed E-state index contributed by atoms with van der Waals surface area (Å²) in [7, 11) is -13.3. The predicted molar refractivity (Wildman–Crippen MR) is 67.4 cm³/mol. The zero-order valence-electron chi connectivity index (χ0n) is 11.7. The van der Waals surface area contributed by atoms with Gasteiger partial charge in [0.25, 0.3) is 19.7 Å². The van der Waals surface area contributed by atoms with E-state index in [0.29, 0.717) is 6.42 Å². The molecule has 0 radical (unpaired) electrons. The molecule has 1 unspecified atom stereocenters. The van der Waals surface area contributed by atoms with E-state index in [1.54, 1.807) is 6.92 Å². The molecular formula is C9H15F6NO5S2. The van der Waals surface area contributed by atoms with E-state index in [1.165, 1.54) is 0 Å². The van der Waals surface area contributed by atoms with Gasteiger partial charge in [0.1, 0.15) is 0 Å². The first-order valence-electron chi connectivity index (χ1n) is 6.02. The Bertz CT molecular complexity index is 539. The van der Waals surface area contributed by atoms with Crippen LogP contribution in [0.5, 0.6) is 0 Å². The molecule has 0 heterocycles. The van der Waals surface area contributed by atoms with Crippen molar-refractivity contribution < 1.29 is 47.9 Å². The van der Waals surface area contributed by atoms with Crippen LogP contribution in [0.3, 0.4) is 0 Å². The lowest BCUT2D eigenvalue weighted by atomic mass is 10.2. The number of rotatable bonds is 8. The quantitative estimate of drug-likeness (QED) is 0.491. The summed E-state index contributed by atoms with van der Waals surface area (Å²) in [5.74, 6) is 0. The molecule has 0 aliphatic heterocycles. The van der Waals surface area contributed by atoms with Crippen LogP contribution in [0.25, 0.3) is 0 Å². The highest BCUT2D eigenvalue weighted by Gasteiger charge is 2.62. The SMILES string of the molecule is CCCOCC(N)CC(S(=O)(=O)C(F)(F)F)S(=O)(=O)C(F)(F)F. The lowest BCUT2D eigenvalue weighted by Crippen LogP contribution is -2.48. The van der Waals surface area contributed by atoms with Gasteiger partial charge in [-0.05, 0) is 12.8 Å². The highest BCUT2D eigenvalue weighted by Crippen LogP contribution is 2.37. The zero-order chi connectivity index (χ0) is 18.7. The largest absolute Gasteiger partial charge is 0.498 e. The van der Waals surface area contributed by atoms with Gasteiger partial charge in [-0.25, -0.2) is 16.8 Å². The van der Waals surface area contributed by atoms with E-state index in [1.807, 2.05) is 0 Å². The number of nitrogens with two attached hydrogens (primary N) is 1. The average Bonchev–Trinajstić information content (AvgIpc) is 2.33. The molecule has 0 saturated heterocycles. The molecule has 0 aliphatic rings. The second-order valence-electron chi connectivity index (χ2n) is 4.48. The summed E-state index contributed by atoms with van der Waals surface area (Å²) in [5, 5.41) is 0. The monoisotopic (exact) mass is 395 g/mol. The molecule has 0 bridgehead atoms. The van der Waals surface area contributed by atoms with Gasteiger partial charge in [-0.15, -0.1) is 0 Å². The Labute approximate surface area is 128 Å². The van der Waals surface area contributed by atoms with Gasteiger partial charge < -0.3 is 10.5 Å². The molecule has 0 amide bonds. The van der Waals surface area contributed by atoms with Gasteiger partial charge in [-0.3, -0.25) is 0 Å². The second kappa shape index (κ2) is 7.53. The first kappa shape index (κ1) is 22.4. The summed E-state index contributed by atoms with van der Waals surface area (Å²) in [5.41, 5.74) is -7.15. The van der Waals surface area contributed by atoms with Gasteiger partial charge in [0.2, 0.25) is 0 Å². The van der Waals surface area contributed by atoms with Gasteiger partial charge in [0.05, 0.1) is 6.61 Å². The summed E-state index contributed by atoms with van der Waals surface area (Å²) in [4.78, 5) is 0. The van der Waals surface area contributed by atoms with Gasteiger partial charge >= 0.3 is 11.0 Å². The van der Waals surface area contributed by atoms with Crippen molar-refractivity contribution in [2.24, 2.45) is 5.73 Å². The predicted octanol–water partition coefficient (Wildman–Crippen LogP) is 1.33. The maximum atomic E-state index is 12.5. The van der Waals surface area contributed by atoms with Crippen LogP contribution in [0.4, 0.5) is 26.3 Å². The van der Waals surface area contributed by atoms with Gasteiger partial charge in [0.15, 0.2) is 4.58 Å². The third-order valence-corrected chi connectivity index (χ3v) is 7.09. The molecule has 0 aromatic heterocycles. The first-order chi connectivity index (χ1) is 10.1. The summed E-state index contributed by atoms with van der Waals surface area (Å²) in [6, 6.07) is -1.65. The first-order valence-corrected chi connectivity index (χ1v) is 9.12. The van der Waals surface area contributed by atoms with E-state index in [9.17, 15) is 43.2 Å². The maximum Gasteiger partial charge on any atom is 0.498 e. The Morgan fingerprint density at radius 2 is 1.35 bits per heavy atom. The van der Waals surface area contributed by atoms with E-state index in [4.69, 9.17) is 10.5 Å². The normalized spacial score (nSPS) is 15.9. The molecule has 2 N–H and O–H groups in total. The van der Waals surface area contributed by atoms with Crippen molar-refractivity contribution in [3.63, 3.8) is 0 Å². The van der Waals surface area contributed by atoms with Crippen molar-refractivity contribution in [1.29, 1.82) is 0 Å². The highest BCUT2D eigenvalue weighted by molar-refractivity contribution is 8.09. The highest BCUT2D eigenvalue weighted by atomic mass is 32.3. The van der Waals surface area contributed by atoms with Crippen LogP contribution in [-0.4, -0.2) is 51.7 Å². The van der Waals surface area contributed by atoms with E-state index >= 15 is 0 Å². The molecule has 23 heavy (non-hydrogen) atoms. The number of sulfone groups is 2. The molecule has 14 heteroatoms. The smallest absolute Gasteiger partial charge is 0.380 e. The number of ether oxygens (including phenoxy) is 1. The van der Waals surface area contributed by atoms with Crippen molar-refractivity contribution in [2.75, 3.05) is 13.2 Å². The molecule has 0 aromatic carbocycles. The fraction of sp³-hybridized carbons (Fsp3) is 1.00. The summed E-state index contributed by atoms with van der Waals surface area (Å²) < 4.78 is 121. The van der Waals surface area contributed by atoms with Crippen LogP contribution in [0.2, 0.25) is 0 Å². The Hall–Kier alpha value is -0.600. The van der Waals surface area contributed by atoms with Crippen LogP contribution in [-0.2, 0) is 24.4 Å². The van der Waals surface area contributed by atoms with E-state index < -0.39 is 54.3 Å². The molecule has 0 fully saturated rings. The molecule has 0 saturated carbocycles. The Morgan fingerprint density at radius 1 is 0.957 bits per heavy atom.